The van der Waals surface area contributed by atoms with E-state index in [1.54, 1.807) is 6.92 Å². The highest BCUT2D eigenvalue weighted by atomic mass is 35.5. The molecule has 0 saturated carbocycles. The molecule has 1 aromatic rings. The average Bonchev–Trinajstić information content (AvgIpc) is 2.30. The van der Waals surface area contributed by atoms with Crippen molar-refractivity contribution in [3.63, 3.8) is 0 Å². The van der Waals surface area contributed by atoms with Crippen molar-refractivity contribution in [2.45, 2.75) is 19.1 Å². The van der Waals surface area contributed by atoms with Crippen molar-refractivity contribution in [3.05, 3.63) is 33.8 Å². The average molecular weight is 279 g/mol. The van der Waals surface area contributed by atoms with Gasteiger partial charge < -0.3 is 14.9 Å². The Bertz CT molecular complexity index is 408. The summed E-state index contributed by atoms with van der Waals surface area (Å²) in [5.74, 6) is -0.906. The van der Waals surface area contributed by atoms with Gasteiger partial charge in [-0.2, -0.15) is 0 Å². The Morgan fingerprint density at radius 2 is 2.06 bits per heavy atom. The van der Waals surface area contributed by atoms with E-state index in [0.29, 0.717) is 5.02 Å². The molecule has 0 aliphatic rings. The number of halogens is 2. The Balaban J connectivity index is 2.91. The Morgan fingerprint density at radius 1 is 1.41 bits per heavy atom. The van der Waals surface area contributed by atoms with E-state index in [1.165, 1.54) is 18.2 Å². The molecule has 2 unspecified atom stereocenters. The number of rotatable bonds is 4. The van der Waals surface area contributed by atoms with Gasteiger partial charge in [0.1, 0.15) is 6.10 Å². The molecule has 17 heavy (non-hydrogen) atoms. The summed E-state index contributed by atoms with van der Waals surface area (Å²) in [6.45, 7) is 1.72. The minimum Gasteiger partial charge on any atom is -0.464 e. The number of aliphatic hydroxyl groups excluding tert-OH is 2. The molecule has 0 saturated heterocycles. The smallest absolute Gasteiger partial charge is 0.338 e. The second-order valence-electron chi connectivity index (χ2n) is 3.31. The predicted molar refractivity (Wildman–Crippen MR) is 64.1 cm³/mol. The minimum absolute atomic E-state index is 0.117. The molecule has 0 amide bonds. The van der Waals surface area contributed by atoms with Crippen LogP contribution in [0.15, 0.2) is 18.2 Å². The minimum atomic E-state index is -1.69. The zero-order valence-electron chi connectivity index (χ0n) is 9.06. The van der Waals surface area contributed by atoms with E-state index in [2.05, 4.69) is 4.74 Å². The second-order valence-corrected chi connectivity index (χ2v) is 4.15. The highest BCUT2D eigenvalue weighted by molar-refractivity contribution is 6.33. The lowest BCUT2D eigenvalue weighted by atomic mass is 10.0. The number of aliphatic hydroxyl groups is 2. The van der Waals surface area contributed by atoms with Gasteiger partial charge in [0.15, 0.2) is 6.10 Å². The van der Waals surface area contributed by atoms with Crippen LogP contribution >= 0.6 is 23.2 Å². The third kappa shape index (κ3) is 3.57. The van der Waals surface area contributed by atoms with Gasteiger partial charge in [0.2, 0.25) is 0 Å². The van der Waals surface area contributed by atoms with Crippen molar-refractivity contribution >= 4 is 29.2 Å². The number of carbonyl (C=O) groups excluding carboxylic acids is 1. The number of esters is 1. The standard InChI is InChI=1S/C11H12Cl2O4/c1-2-17-11(16)10(15)9(14)7-5-6(12)3-4-8(7)13/h3-5,9-10,14-15H,2H2,1H3. The fourth-order valence-corrected chi connectivity index (χ4v) is 1.68. The van der Waals surface area contributed by atoms with Gasteiger partial charge in [0, 0.05) is 15.6 Å². The van der Waals surface area contributed by atoms with Crippen molar-refractivity contribution in [1.29, 1.82) is 0 Å². The molecule has 0 spiro atoms. The van der Waals surface area contributed by atoms with E-state index in [4.69, 9.17) is 23.2 Å². The van der Waals surface area contributed by atoms with E-state index in [-0.39, 0.29) is 17.2 Å². The fraction of sp³-hybridized carbons (Fsp3) is 0.364. The summed E-state index contributed by atoms with van der Waals surface area (Å²) in [5.41, 5.74) is 0.180. The molecule has 0 fully saturated rings. The van der Waals surface area contributed by atoms with Gasteiger partial charge in [0.25, 0.3) is 0 Å². The van der Waals surface area contributed by atoms with Crippen molar-refractivity contribution in [1.82, 2.24) is 0 Å². The van der Waals surface area contributed by atoms with E-state index >= 15 is 0 Å². The quantitative estimate of drug-likeness (QED) is 0.827. The molecule has 0 heterocycles. The SMILES string of the molecule is CCOC(=O)C(O)C(O)c1cc(Cl)ccc1Cl. The van der Waals surface area contributed by atoms with Gasteiger partial charge in [-0.25, -0.2) is 4.79 Å². The highest BCUT2D eigenvalue weighted by Gasteiger charge is 2.28. The van der Waals surface area contributed by atoms with E-state index in [1.807, 2.05) is 0 Å². The summed E-state index contributed by atoms with van der Waals surface area (Å²) in [5, 5.41) is 19.9. The van der Waals surface area contributed by atoms with E-state index in [9.17, 15) is 15.0 Å². The van der Waals surface area contributed by atoms with Gasteiger partial charge in [0.05, 0.1) is 6.61 Å². The van der Waals surface area contributed by atoms with Crippen LogP contribution in [0.5, 0.6) is 0 Å². The molecule has 2 atom stereocenters. The molecule has 0 aliphatic carbocycles. The van der Waals surface area contributed by atoms with E-state index < -0.39 is 18.2 Å². The number of ether oxygens (including phenoxy) is 1. The van der Waals surface area contributed by atoms with Crippen LogP contribution in [0.2, 0.25) is 10.0 Å². The van der Waals surface area contributed by atoms with Crippen molar-refractivity contribution in [2.75, 3.05) is 6.61 Å². The molecule has 4 nitrogen and oxygen atoms in total. The van der Waals surface area contributed by atoms with E-state index in [0.717, 1.165) is 0 Å². The zero-order chi connectivity index (χ0) is 13.0. The van der Waals surface area contributed by atoms with Crippen LogP contribution in [0.25, 0.3) is 0 Å². The molecule has 0 aliphatic heterocycles. The molecule has 2 N–H and O–H groups in total. The van der Waals surface area contributed by atoms with Gasteiger partial charge in [-0.15, -0.1) is 0 Å². The summed E-state index contributed by atoms with van der Waals surface area (Å²) >= 11 is 11.6. The Hall–Kier alpha value is -0.810. The first-order valence-corrected chi connectivity index (χ1v) is 5.70. The maximum Gasteiger partial charge on any atom is 0.338 e. The van der Waals surface area contributed by atoms with Gasteiger partial charge in [-0.3, -0.25) is 0 Å². The lowest BCUT2D eigenvalue weighted by molar-refractivity contribution is -0.159. The predicted octanol–water partition coefficient (Wildman–Crippen LogP) is 1.95. The summed E-state index contributed by atoms with van der Waals surface area (Å²) < 4.78 is 4.59. The first kappa shape index (κ1) is 14.3. The van der Waals surface area contributed by atoms with Crippen molar-refractivity contribution in [3.8, 4) is 0 Å². The topological polar surface area (TPSA) is 66.8 Å². The number of carbonyl (C=O) groups is 1. The van der Waals surface area contributed by atoms with Gasteiger partial charge in [-0.05, 0) is 25.1 Å². The maximum atomic E-state index is 11.2. The molecule has 1 rings (SSSR count). The van der Waals surface area contributed by atoms with Crippen LogP contribution in [0.1, 0.15) is 18.6 Å². The number of hydrogen-bond acceptors (Lipinski definition) is 4. The maximum absolute atomic E-state index is 11.2. The molecule has 6 heteroatoms. The normalized spacial score (nSPS) is 14.2. The Kier molecular flexibility index (Phi) is 5.21. The monoisotopic (exact) mass is 278 g/mol. The lowest BCUT2D eigenvalue weighted by Crippen LogP contribution is -2.30. The van der Waals surface area contributed by atoms with Crippen LogP contribution in [-0.2, 0) is 9.53 Å². The Labute approximate surface area is 109 Å². The number of hydrogen-bond donors (Lipinski definition) is 2. The highest BCUT2D eigenvalue weighted by Crippen LogP contribution is 2.28. The molecule has 0 aromatic heterocycles. The van der Waals surface area contributed by atoms with Crippen LogP contribution in [0, 0.1) is 0 Å². The number of benzene rings is 1. The third-order valence-electron chi connectivity index (χ3n) is 2.10. The molecule has 0 radical (unpaired) electrons. The van der Waals surface area contributed by atoms with Crippen LogP contribution in [0.4, 0.5) is 0 Å². The second kappa shape index (κ2) is 6.21. The van der Waals surface area contributed by atoms with Gasteiger partial charge in [-0.1, -0.05) is 23.2 Å². The largest absolute Gasteiger partial charge is 0.464 e. The summed E-state index contributed by atoms with van der Waals surface area (Å²) in [7, 11) is 0. The van der Waals surface area contributed by atoms with Crippen molar-refractivity contribution in [2.24, 2.45) is 0 Å². The molecular weight excluding hydrogens is 267 g/mol. The molecule has 94 valence electrons. The van der Waals surface area contributed by atoms with Gasteiger partial charge >= 0.3 is 5.97 Å². The lowest BCUT2D eigenvalue weighted by Gasteiger charge is -2.17. The fourth-order valence-electron chi connectivity index (χ4n) is 1.27. The van der Waals surface area contributed by atoms with Crippen molar-refractivity contribution < 1.29 is 19.7 Å². The molecule has 1 aromatic carbocycles. The first-order valence-electron chi connectivity index (χ1n) is 4.95. The summed E-state index contributed by atoms with van der Waals surface area (Å²) in [6.07, 6.45) is -3.16. The van der Waals surface area contributed by atoms with Crippen LogP contribution < -0.4 is 0 Å². The molecule has 0 bridgehead atoms. The van der Waals surface area contributed by atoms with Crippen LogP contribution in [-0.4, -0.2) is 28.9 Å². The summed E-state index contributed by atoms with van der Waals surface area (Å²) in [6, 6.07) is 4.40. The van der Waals surface area contributed by atoms with Crippen LogP contribution in [0.3, 0.4) is 0 Å². The Morgan fingerprint density at radius 3 is 2.65 bits per heavy atom. The zero-order valence-corrected chi connectivity index (χ0v) is 10.6. The summed E-state index contributed by atoms with van der Waals surface area (Å²) in [4.78, 5) is 11.2. The third-order valence-corrected chi connectivity index (χ3v) is 2.68. The first-order chi connectivity index (χ1) is 7.97. The molecular formula is C11H12Cl2O4.